The van der Waals surface area contributed by atoms with Crippen LogP contribution < -0.4 is 9.80 Å². The van der Waals surface area contributed by atoms with Crippen LogP contribution in [0.2, 0.25) is 0 Å². The van der Waals surface area contributed by atoms with Gasteiger partial charge in [-0.1, -0.05) is 129 Å². The van der Waals surface area contributed by atoms with Crippen LogP contribution in [0.1, 0.15) is 25.0 Å². The number of hydrogen-bond acceptors (Lipinski definition) is 5. The number of hydrogen-bond donors (Lipinski definition) is 0. The van der Waals surface area contributed by atoms with Crippen molar-refractivity contribution in [3.8, 4) is 33.9 Å². The summed E-state index contributed by atoms with van der Waals surface area (Å²) in [6.07, 6.45) is 0. The summed E-state index contributed by atoms with van der Waals surface area (Å²) in [5.41, 5.74) is 12.1. The van der Waals surface area contributed by atoms with Gasteiger partial charge in [-0.05, 0) is 58.7 Å². The largest absolute Gasteiger partial charge is 0.306 e. The second-order valence-corrected chi connectivity index (χ2v) is 12.6. The Morgan fingerprint density at radius 2 is 0.936 bits per heavy atom. The van der Waals surface area contributed by atoms with Crippen molar-refractivity contribution in [2.24, 2.45) is 0 Å². The highest BCUT2D eigenvalue weighted by atomic mass is 15.3. The number of para-hydroxylation sites is 3. The Balaban J connectivity index is 1.35. The Morgan fingerprint density at radius 3 is 1.57 bits per heavy atom. The third-order valence-corrected chi connectivity index (χ3v) is 9.43. The van der Waals surface area contributed by atoms with Crippen LogP contribution in [0, 0.1) is 0 Å². The van der Waals surface area contributed by atoms with Gasteiger partial charge in [0.05, 0.1) is 22.7 Å². The number of rotatable bonds is 4. The molecule has 0 bridgehead atoms. The molecule has 6 aromatic carbocycles. The van der Waals surface area contributed by atoms with Crippen molar-refractivity contribution in [2.75, 3.05) is 9.80 Å². The lowest BCUT2D eigenvalue weighted by Crippen LogP contribution is -2.26. The molecule has 2 heterocycles. The van der Waals surface area contributed by atoms with Crippen LogP contribution in [0.5, 0.6) is 0 Å². The Kier molecular flexibility index (Phi) is 6.09. The number of nitrogens with zero attached hydrogens (tertiary/aromatic N) is 5. The summed E-state index contributed by atoms with van der Waals surface area (Å²) in [6, 6.07) is 53.0. The normalized spacial score (nSPS) is 13.8. The minimum atomic E-state index is -0.176. The average Bonchev–Trinajstić information content (AvgIpc) is 3.36. The van der Waals surface area contributed by atoms with Gasteiger partial charge in [0, 0.05) is 22.2 Å². The summed E-state index contributed by atoms with van der Waals surface area (Å²) < 4.78 is 0. The van der Waals surface area contributed by atoms with Gasteiger partial charge in [-0.25, -0.2) is 4.98 Å². The van der Waals surface area contributed by atoms with Crippen molar-refractivity contribution < 1.29 is 0 Å². The van der Waals surface area contributed by atoms with Crippen molar-refractivity contribution in [1.29, 1.82) is 0 Å². The standard InChI is InChI=1S/C42H31N5/c1-42(2)33-23-13-12-22-31(33)32-26-37-38(27-34(32)42)47(36-25-15-14-24-35(36)46(37)30-20-10-5-11-21-30)41-44-39(28-16-6-3-7-17-28)43-40(45-41)29-18-8-4-9-19-29/h3-27H,1-2H3. The fraction of sp³-hybridized carbons (Fsp3) is 0.0714. The minimum absolute atomic E-state index is 0.176. The molecule has 0 N–H and O–H groups in total. The second-order valence-electron chi connectivity index (χ2n) is 12.6. The highest BCUT2D eigenvalue weighted by molar-refractivity contribution is 6.03. The molecular formula is C42H31N5. The zero-order valence-electron chi connectivity index (χ0n) is 26.2. The summed E-state index contributed by atoms with van der Waals surface area (Å²) >= 11 is 0. The van der Waals surface area contributed by atoms with E-state index in [0.29, 0.717) is 17.6 Å². The smallest absolute Gasteiger partial charge is 0.238 e. The molecule has 1 aliphatic heterocycles. The summed E-state index contributed by atoms with van der Waals surface area (Å²) in [4.78, 5) is 20.0. The molecule has 0 saturated heterocycles. The van der Waals surface area contributed by atoms with E-state index < -0.39 is 0 Å². The summed E-state index contributed by atoms with van der Waals surface area (Å²) in [5, 5.41) is 0. The molecule has 2 aliphatic rings. The molecule has 0 radical (unpaired) electrons. The molecule has 1 aromatic heterocycles. The summed E-state index contributed by atoms with van der Waals surface area (Å²) in [7, 11) is 0. The van der Waals surface area contributed by atoms with Crippen LogP contribution >= 0.6 is 0 Å². The van der Waals surface area contributed by atoms with E-state index in [4.69, 9.17) is 15.0 Å². The molecule has 5 heteroatoms. The molecule has 0 spiro atoms. The Labute approximate surface area is 274 Å². The van der Waals surface area contributed by atoms with E-state index in [9.17, 15) is 0 Å². The van der Waals surface area contributed by atoms with Gasteiger partial charge in [0.25, 0.3) is 0 Å². The van der Waals surface area contributed by atoms with E-state index in [1.807, 2.05) is 36.4 Å². The van der Waals surface area contributed by atoms with E-state index in [1.54, 1.807) is 0 Å². The number of aromatic nitrogens is 3. The number of fused-ring (bicyclic) bond motifs is 5. The first-order valence-corrected chi connectivity index (χ1v) is 16.0. The van der Waals surface area contributed by atoms with Crippen LogP contribution in [-0.4, -0.2) is 15.0 Å². The maximum absolute atomic E-state index is 5.20. The zero-order chi connectivity index (χ0) is 31.5. The summed E-state index contributed by atoms with van der Waals surface area (Å²) in [5.74, 6) is 1.84. The van der Waals surface area contributed by atoms with E-state index in [0.717, 1.165) is 39.6 Å². The van der Waals surface area contributed by atoms with Gasteiger partial charge < -0.3 is 4.90 Å². The molecule has 47 heavy (non-hydrogen) atoms. The van der Waals surface area contributed by atoms with Crippen molar-refractivity contribution in [1.82, 2.24) is 15.0 Å². The van der Waals surface area contributed by atoms with E-state index in [2.05, 4.69) is 139 Å². The molecule has 9 rings (SSSR count). The SMILES string of the molecule is CC1(C)c2ccccc2-c2cc3c(cc21)N(c1nc(-c2ccccc2)nc(-c2ccccc2)n1)c1ccccc1N3c1ccccc1. The molecule has 0 saturated carbocycles. The minimum Gasteiger partial charge on any atom is -0.306 e. The van der Waals surface area contributed by atoms with Crippen LogP contribution in [0.15, 0.2) is 152 Å². The fourth-order valence-corrected chi connectivity index (χ4v) is 7.15. The van der Waals surface area contributed by atoms with Crippen LogP contribution in [0.4, 0.5) is 34.4 Å². The van der Waals surface area contributed by atoms with Crippen molar-refractivity contribution in [3.63, 3.8) is 0 Å². The highest BCUT2D eigenvalue weighted by Gasteiger charge is 2.40. The molecule has 0 atom stereocenters. The van der Waals surface area contributed by atoms with Gasteiger partial charge >= 0.3 is 0 Å². The first kappa shape index (κ1) is 27.3. The van der Waals surface area contributed by atoms with Crippen LogP contribution in [0.25, 0.3) is 33.9 Å². The number of benzene rings is 6. The molecular weight excluding hydrogens is 574 g/mol. The first-order valence-electron chi connectivity index (χ1n) is 16.0. The molecule has 224 valence electrons. The van der Waals surface area contributed by atoms with Crippen LogP contribution in [0.3, 0.4) is 0 Å². The van der Waals surface area contributed by atoms with Gasteiger partial charge in [0.2, 0.25) is 5.95 Å². The molecule has 0 fully saturated rings. The number of anilines is 6. The van der Waals surface area contributed by atoms with Gasteiger partial charge in [0.15, 0.2) is 11.6 Å². The molecule has 0 unspecified atom stereocenters. The predicted molar refractivity (Wildman–Crippen MR) is 191 cm³/mol. The van der Waals surface area contributed by atoms with Crippen molar-refractivity contribution in [2.45, 2.75) is 19.3 Å². The Morgan fingerprint density at radius 1 is 0.426 bits per heavy atom. The third-order valence-electron chi connectivity index (χ3n) is 9.43. The van der Waals surface area contributed by atoms with Crippen molar-refractivity contribution >= 4 is 34.4 Å². The lowest BCUT2D eigenvalue weighted by atomic mass is 9.82. The first-order chi connectivity index (χ1) is 23.1. The third kappa shape index (κ3) is 4.27. The average molecular weight is 606 g/mol. The monoisotopic (exact) mass is 605 g/mol. The van der Waals surface area contributed by atoms with Crippen LogP contribution in [-0.2, 0) is 5.41 Å². The lowest BCUT2D eigenvalue weighted by Gasteiger charge is -2.40. The Hall–Kier alpha value is -6.07. The second kappa shape index (κ2) is 10.5. The van der Waals surface area contributed by atoms with Gasteiger partial charge in [-0.2, -0.15) is 9.97 Å². The molecule has 5 nitrogen and oxygen atoms in total. The van der Waals surface area contributed by atoms with Crippen molar-refractivity contribution in [3.05, 3.63) is 163 Å². The molecule has 1 aliphatic carbocycles. The quantitative estimate of drug-likeness (QED) is 0.200. The Bertz CT molecular complexity index is 2220. The van der Waals surface area contributed by atoms with E-state index >= 15 is 0 Å². The zero-order valence-corrected chi connectivity index (χ0v) is 26.2. The highest BCUT2D eigenvalue weighted by Crippen LogP contribution is 2.58. The molecule has 7 aromatic rings. The molecule has 0 amide bonds. The van der Waals surface area contributed by atoms with E-state index in [-0.39, 0.29) is 5.41 Å². The predicted octanol–water partition coefficient (Wildman–Crippen LogP) is 10.8. The van der Waals surface area contributed by atoms with Gasteiger partial charge in [-0.15, -0.1) is 0 Å². The van der Waals surface area contributed by atoms with E-state index in [1.165, 1.54) is 22.3 Å². The van der Waals surface area contributed by atoms with Gasteiger partial charge in [0.1, 0.15) is 0 Å². The fourth-order valence-electron chi connectivity index (χ4n) is 7.15. The maximum Gasteiger partial charge on any atom is 0.238 e. The lowest BCUT2D eigenvalue weighted by molar-refractivity contribution is 0.660. The maximum atomic E-state index is 5.20. The summed E-state index contributed by atoms with van der Waals surface area (Å²) in [6.45, 7) is 4.65. The topological polar surface area (TPSA) is 45.2 Å². The van der Waals surface area contributed by atoms with Gasteiger partial charge in [-0.3, -0.25) is 4.90 Å².